The molecular formula is C15H22ClN3O. The lowest BCUT2D eigenvalue weighted by Crippen LogP contribution is -2.30. The molecular weight excluding hydrogens is 274 g/mol. The van der Waals surface area contributed by atoms with Crippen molar-refractivity contribution in [3.05, 3.63) is 41.0 Å². The predicted molar refractivity (Wildman–Crippen MR) is 82.3 cm³/mol. The second-order valence-corrected chi connectivity index (χ2v) is 5.51. The molecule has 0 saturated carbocycles. The molecule has 0 atom stereocenters. The summed E-state index contributed by atoms with van der Waals surface area (Å²) in [4.78, 5) is 17.8. The Morgan fingerprint density at radius 2 is 2.10 bits per heavy atom. The number of carbonyl (C=O) groups is 1. The Morgan fingerprint density at radius 1 is 1.40 bits per heavy atom. The highest BCUT2D eigenvalue weighted by atomic mass is 35.5. The van der Waals surface area contributed by atoms with Gasteiger partial charge in [0.2, 0.25) is 5.91 Å². The first kappa shape index (κ1) is 16.5. The molecule has 1 amide bonds. The molecule has 0 radical (unpaired) electrons. The average molecular weight is 296 g/mol. The Labute approximate surface area is 125 Å². The zero-order valence-corrected chi connectivity index (χ0v) is 13.3. The Balaban J connectivity index is 2.61. The summed E-state index contributed by atoms with van der Waals surface area (Å²) in [5, 5.41) is 0.751. The minimum absolute atomic E-state index is 0.0601. The molecule has 0 bridgehead atoms. The van der Waals surface area contributed by atoms with Crippen molar-refractivity contribution in [1.29, 1.82) is 0 Å². The summed E-state index contributed by atoms with van der Waals surface area (Å²) in [6.07, 6.45) is 8.31. The molecule has 0 aromatic carbocycles. The molecule has 20 heavy (non-hydrogen) atoms. The maximum atomic E-state index is 11.7. The van der Waals surface area contributed by atoms with Crippen LogP contribution < -0.4 is 0 Å². The smallest absolute Gasteiger partial charge is 0.219 e. The summed E-state index contributed by atoms with van der Waals surface area (Å²) < 4.78 is 1.93. The number of nitrogens with zero attached hydrogens (tertiary/aromatic N) is 3. The summed E-state index contributed by atoms with van der Waals surface area (Å²) in [6.45, 7) is 6.69. The second-order valence-electron chi connectivity index (χ2n) is 4.91. The highest BCUT2D eigenvalue weighted by Crippen LogP contribution is 2.08. The number of aryl methyl sites for hydroxylation is 1. The fourth-order valence-electron chi connectivity index (χ4n) is 1.72. The lowest BCUT2D eigenvalue weighted by Gasteiger charge is -2.20. The molecule has 110 valence electrons. The highest BCUT2D eigenvalue weighted by molar-refractivity contribution is 6.29. The predicted octanol–water partition coefficient (Wildman–Crippen LogP) is 3.25. The number of aromatic nitrogens is 2. The van der Waals surface area contributed by atoms with Gasteiger partial charge in [0.25, 0.3) is 0 Å². The van der Waals surface area contributed by atoms with Crippen LogP contribution in [0.1, 0.15) is 33.0 Å². The van der Waals surface area contributed by atoms with E-state index in [2.05, 4.69) is 4.98 Å². The summed E-state index contributed by atoms with van der Waals surface area (Å²) >= 11 is 5.79. The number of amides is 1. The van der Waals surface area contributed by atoms with Gasteiger partial charge in [0.1, 0.15) is 5.82 Å². The SMILES string of the molecule is CC(=O)N(CC/C(C)=C/C=C(\C)Cl)Cc1nccn1C. The van der Waals surface area contributed by atoms with E-state index in [1.54, 1.807) is 18.0 Å². The van der Waals surface area contributed by atoms with Gasteiger partial charge < -0.3 is 9.47 Å². The molecule has 0 saturated heterocycles. The van der Waals surface area contributed by atoms with Gasteiger partial charge in [0.15, 0.2) is 0 Å². The summed E-state index contributed by atoms with van der Waals surface area (Å²) in [5.41, 5.74) is 1.19. The van der Waals surface area contributed by atoms with Gasteiger partial charge in [-0.15, -0.1) is 0 Å². The number of carbonyl (C=O) groups excluding carboxylic acids is 1. The second kappa shape index (κ2) is 7.90. The lowest BCUT2D eigenvalue weighted by molar-refractivity contribution is -0.129. The molecule has 4 nitrogen and oxygen atoms in total. The first-order valence-electron chi connectivity index (χ1n) is 6.61. The van der Waals surface area contributed by atoms with Gasteiger partial charge in [-0.1, -0.05) is 23.3 Å². The van der Waals surface area contributed by atoms with Crippen LogP contribution >= 0.6 is 11.6 Å². The molecule has 0 aliphatic heterocycles. The largest absolute Gasteiger partial charge is 0.337 e. The standard InChI is InChI=1S/C15H22ClN3O/c1-12(5-6-13(2)16)7-9-19(14(3)20)11-15-17-8-10-18(15)4/h5-6,8,10H,7,9,11H2,1-4H3/b12-5+,13-6+. The van der Waals surface area contributed by atoms with Crippen molar-refractivity contribution in [3.63, 3.8) is 0 Å². The third-order valence-corrected chi connectivity index (χ3v) is 3.20. The van der Waals surface area contributed by atoms with Crippen molar-refractivity contribution in [2.24, 2.45) is 7.05 Å². The third-order valence-electron chi connectivity index (χ3n) is 3.07. The Hall–Kier alpha value is -1.55. The third kappa shape index (κ3) is 5.61. The first-order valence-corrected chi connectivity index (χ1v) is 6.99. The van der Waals surface area contributed by atoms with E-state index in [9.17, 15) is 4.79 Å². The topological polar surface area (TPSA) is 38.1 Å². The van der Waals surface area contributed by atoms with E-state index in [0.717, 1.165) is 17.3 Å². The summed E-state index contributed by atoms with van der Waals surface area (Å²) in [6, 6.07) is 0. The highest BCUT2D eigenvalue weighted by Gasteiger charge is 2.11. The van der Waals surface area contributed by atoms with E-state index in [0.29, 0.717) is 13.1 Å². The van der Waals surface area contributed by atoms with E-state index in [1.165, 1.54) is 5.57 Å². The number of hydrogen-bond acceptors (Lipinski definition) is 2. The molecule has 5 heteroatoms. The molecule has 0 spiro atoms. The van der Waals surface area contributed by atoms with Gasteiger partial charge >= 0.3 is 0 Å². The number of imidazole rings is 1. The summed E-state index contributed by atoms with van der Waals surface area (Å²) in [5.74, 6) is 0.947. The minimum Gasteiger partial charge on any atom is -0.337 e. The van der Waals surface area contributed by atoms with Crippen LogP contribution in [0.2, 0.25) is 0 Å². The summed E-state index contributed by atoms with van der Waals surface area (Å²) in [7, 11) is 1.93. The fraction of sp³-hybridized carbons (Fsp3) is 0.467. The van der Waals surface area contributed by atoms with Crippen LogP contribution in [0.5, 0.6) is 0 Å². The molecule has 0 fully saturated rings. The molecule has 1 aromatic rings. The van der Waals surface area contributed by atoms with Gasteiger partial charge in [-0.3, -0.25) is 4.79 Å². The Kier molecular flexibility index (Phi) is 6.52. The monoisotopic (exact) mass is 295 g/mol. The number of allylic oxidation sites excluding steroid dienone is 3. The zero-order valence-electron chi connectivity index (χ0n) is 12.6. The van der Waals surface area contributed by atoms with Crippen LogP contribution in [-0.4, -0.2) is 26.9 Å². The first-order chi connectivity index (χ1) is 9.40. The molecule has 1 heterocycles. The van der Waals surface area contributed by atoms with Gasteiger partial charge in [-0.2, -0.15) is 0 Å². The van der Waals surface area contributed by atoms with Gasteiger partial charge in [-0.05, 0) is 26.3 Å². The normalized spacial score (nSPS) is 12.7. The van der Waals surface area contributed by atoms with Crippen molar-refractivity contribution in [1.82, 2.24) is 14.5 Å². The molecule has 1 aromatic heterocycles. The van der Waals surface area contributed by atoms with Crippen LogP contribution in [0.3, 0.4) is 0 Å². The number of rotatable bonds is 6. The molecule has 1 rings (SSSR count). The van der Waals surface area contributed by atoms with Crippen molar-refractivity contribution < 1.29 is 4.79 Å². The Morgan fingerprint density at radius 3 is 2.60 bits per heavy atom. The van der Waals surface area contributed by atoms with Crippen molar-refractivity contribution in [3.8, 4) is 0 Å². The molecule has 0 aliphatic carbocycles. The van der Waals surface area contributed by atoms with E-state index < -0.39 is 0 Å². The van der Waals surface area contributed by atoms with E-state index in [1.807, 2.05) is 43.8 Å². The van der Waals surface area contributed by atoms with Gasteiger partial charge in [0.05, 0.1) is 6.54 Å². The Bertz CT molecular complexity index is 513. The van der Waals surface area contributed by atoms with Crippen molar-refractivity contribution >= 4 is 17.5 Å². The van der Waals surface area contributed by atoms with Crippen LogP contribution in [0.25, 0.3) is 0 Å². The van der Waals surface area contributed by atoms with Gasteiger partial charge in [-0.25, -0.2) is 4.98 Å². The minimum atomic E-state index is 0.0601. The maximum Gasteiger partial charge on any atom is 0.219 e. The van der Waals surface area contributed by atoms with E-state index in [4.69, 9.17) is 11.6 Å². The van der Waals surface area contributed by atoms with Crippen LogP contribution in [0.15, 0.2) is 35.2 Å². The van der Waals surface area contributed by atoms with E-state index >= 15 is 0 Å². The molecule has 0 N–H and O–H groups in total. The van der Waals surface area contributed by atoms with Crippen molar-refractivity contribution in [2.75, 3.05) is 6.54 Å². The lowest BCUT2D eigenvalue weighted by atomic mass is 10.2. The average Bonchev–Trinajstić information content (AvgIpc) is 2.77. The van der Waals surface area contributed by atoms with E-state index in [-0.39, 0.29) is 5.91 Å². The number of halogens is 1. The number of hydrogen-bond donors (Lipinski definition) is 0. The van der Waals surface area contributed by atoms with Crippen LogP contribution in [0, 0.1) is 0 Å². The molecule has 0 unspecified atom stereocenters. The van der Waals surface area contributed by atoms with Crippen LogP contribution in [-0.2, 0) is 18.4 Å². The van der Waals surface area contributed by atoms with Crippen molar-refractivity contribution in [2.45, 2.75) is 33.7 Å². The van der Waals surface area contributed by atoms with Crippen LogP contribution in [0.4, 0.5) is 0 Å². The maximum absolute atomic E-state index is 11.7. The molecule has 0 aliphatic rings. The quantitative estimate of drug-likeness (QED) is 0.756. The van der Waals surface area contributed by atoms with Gasteiger partial charge in [0, 0.05) is 37.9 Å². The fourth-order valence-corrected chi connectivity index (χ4v) is 1.78. The zero-order chi connectivity index (χ0) is 15.1.